The van der Waals surface area contributed by atoms with E-state index >= 15 is 0 Å². The normalized spacial score (nSPS) is 18.1. The number of nitrogens with zero attached hydrogens (tertiary/aromatic N) is 3. The standard InChI is InChI=1S/C24H40N4O6S/c1-20-16-22(32-3)17-21(2)24(20)35(30,31)19-25-4-13-34-18-23(29)28-9-7-26(8-10-28)5-6-27-11-14-33-15-12-27/h16-17,25H,4-15,18-19H2,1-3H3. The van der Waals surface area contributed by atoms with Gasteiger partial charge in [0, 0.05) is 58.9 Å². The monoisotopic (exact) mass is 512 g/mol. The molecule has 198 valence electrons. The van der Waals surface area contributed by atoms with Crippen LogP contribution in [-0.2, 0) is 24.1 Å². The van der Waals surface area contributed by atoms with Crippen LogP contribution in [0.2, 0.25) is 0 Å². The Bertz CT molecular complexity index is 905. The molecule has 35 heavy (non-hydrogen) atoms. The Morgan fingerprint density at radius 3 is 2.20 bits per heavy atom. The van der Waals surface area contributed by atoms with Crippen molar-refractivity contribution in [2.24, 2.45) is 0 Å². The first kappa shape index (κ1) is 27.8. The summed E-state index contributed by atoms with van der Waals surface area (Å²) in [4.78, 5) is 19.4. The van der Waals surface area contributed by atoms with Gasteiger partial charge in [0.1, 0.15) is 18.2 Å². The van der Waals surface area contributed by atoms with Crippen LogP contribution in [0.3, 0.4) is 0 Å². The van der Waals surface area contributed by atoms with Crippen molar-refractivity contribution in [2.45, 2.75) is 18.7 Å². The van der Waals surface area contributed by atoms with E-state index in [1.165, 1.54) is 0 Å². The van der Waals surface area contributed by atoms with Crippen LogP contribution in [0.1, 0.15) is 11.1 Å². The number of amides is 1. The summed E-state index contributed by atoms with van der Waals surface area (Å²) in [7, 11) is -1.94. The first-order chi connectivity index (χ1) is 16.8. The molecular formula is C24H40N4O6S. The minimum absolute atomic E-state index is 0.0128. The second-order valence-electron chi connectivity index (χ2n) is 9.08. The lowest BCUT2D eigenvalue weighted by Gasteiger charge is -2.36. The lowest BCUT2D eigenvalue weighted by atomic mass is 10.1. The number of carbonyl (C=O) groups excluding carboxylic acids is 1. The summed E-state index contributed by atoms with van der Waals surface area (Å²) < 4.78 is 41.6. The van der Waals surface area contributed by atoms with Crippen molar-refractivity contribution in [3.05, 3.63) is 23.3 Å². The van der Waals surface area contributed by atoms with E-state index in [2.05, 4.69) is 15.1 Å². The number of ether oxygens (including phenoxy) is 3. The first-order valence-corrected chi connectivity index (χ1v) is 13.9. The second-order valence-corrected chi connectivity index (χ2v) is 11.0. The fourth-order valence-corrected chi connectivity index (χ4v) is 6.18. The summed E-state index contributed by atoms with van der Waals surface area (Å²) in [5, 5.41) is 2.92. The maximum atomic E-state index is 12.8. The predicted octanol–water partition coefficient (Wildman–Crippen LogP) is 0.126. The summed E-state index contributed by atoms with van der Waals surface area (Å²) >= 11 is 0. The number of carbonyl (C=O) groups is 1. The molecule has 0 spiro atoms. The SMILES string of the molecule is COc1cc(C)c(S(=O)(=O)CNCCOCC(=O)N2CCN(CCN3CCOCC3)CC2)c(C)c1. The van der Waals surface area contributed by atoms with Gasteiger partial charge in [0.15, 0.2) is 9.84 Å². The minimum Gasteiger partial charge on any atom is -0.497 e. The minimum atomic E-state index is -3.50. The quantitative estimate of drug-likeness (QED) is 0.392. The summed E-state index contributed by atoms with van der Waals surface area (Å²) in [6.45, 7) is 13.0. The topological polar surface area (TPSA) is 101 Å². The van der Waals surface area contributed by atoms with E-state index in [0.717, 1.165) is 52.5 Å². The molecule has 2 fully saturated rings. The van der Waals surface area contributed by atoms with Gasteiger partial charge in [-0.3, -0.25) is 14.6 Å². The van der Waals surface area contributed by atoms with Gasteiger partial charge in [0.2, 0.25) is 5.91 Å². The molecule has 2 saturated heterocycles. The Kier molecular flexibility index (Phi) is 10.7. The van der Waals surface area contributed by atoms with Crippen LogP contribution in [0.5, 0.6) is 5.75 Å². The predicted molar refractivity (Wildman–Crippen MR) is 134 cm³/mol. The molecule has 11 heteroatoms. The van der Waals surface area contributed by atoms with Crippen LogP contribution < -0.4 is 10.1 Å². The molecule has 2 aliphatic heterocycles. The number of hydrogen-bond donors (Lipinski definition) is 1. The summed E-state index contributed by atoms with van der Waals surface area (Å²) in [6, 6.07) is 3.44. The number of rotatable bonds is 12. The highest BCUT2D eigenvalue weighted by Gasteiger charge is 2.22. The van der Waals surface area contributed by atoms with Gasteiger partial charge in [-0.1, -0.05) is 0 Å². The molecule has 0 saturated carbocycles. The Labute approximate surface area is 209 Å². The van der Waals surface area contributed by atoms with Crippen LogP contribution >= 0.6 is 0 Å². The zero-order chi connectivity index (χ0) is 25.3. The lowest BCUT2D eigenvalue weighted by molar-refractivity contribution is -0.137. The van der Waals surface area contributed by atoms with Crippen LogP contribution in [0, 0.1) is 13.8 Å². The van der Waals surface area contributed by atoms with E-state index in [9.17, 15) is 13.2 Å². The molecule has 2 heterocycles. The van der Waals surface area contributed by atoms with Crippen molar-refractivity contribution in [3.63, 3.8) is 0 Å². The van der Waals surface area contributed by atoms with Gasteiger partial charge in [-0.15, -0.1) is 0 Å². The Balaban J connectivity index is 1.29. The third-order valence-corrected chi connectivity index (χ3v) is 8.33. The number of aryl methyl sites for hydroxylation is 2. The van der Waals surface area contributed by atoms with Crippen molar-refractivity contribution in [3.8, 4) is 5.75 Å². The molecule has 0 aliphatic carbocycles. The lowest BCUT2D eigenvalue weighted by Crippen LogP contribution is -2.51. The van der Waals surface area contributed by atoms with Gasteiger partial charge >= 0.3 is 0 Å². The van der Waals surface area contributed by atoms with E-state index in [0.29, 0.717) is 41.4 Å². The van der Waals surface area contributed by atoms with Crippen molar-refractivity contribution >= 4 is 15.7 Å². The molecule has 1 aromatic rings. The fourth-order valence-electron chi connectivity index (χ4n) is 4.52. The molecule has 1 amide bonds. The summed E-state index contributed by atoms with van der Waals surface area (Å²) in [5.41, 5.74) is 1.32. The Morgan fingerprint density at radius 1 is 1.00 bits per heavy atom. The van der Waals surface area contributed by atoms with Gasteiger partial charge < -0.3 is 24.4 Å². The van der Waals surface area contributed by atoms with Gasteiger partial charge in [-0.25, -0.2) is 8.42 Å². The van der Waals surface area contributed by atoms with E-state index in [1.807, 2.05) is 4.90 Å². The average molecular weight is 513 g/mol. The smallest absolute Gasteiger partial charge is 0.248 e. The highest BCUT2D eigenvalue weighted by Crippen LogP contribution is 2.26. The number of morpholine rings is 1. The van der Waals surface area contributed by atoms with Crippen LogP contribution in [-0.4, -0.2) is 127 Å². The molecular weight excluding hydrogens is 472 g/mol. The van der Waals surface area contributed by atoms with E-state index < -0.39 is 9.84 Å². The Hall–Kier alpha value is -1.76. The maximum Gasteiger partial charge on any atom is 0.248 e. The van der Waals surface area contributed by atoms with Crippen molar-refractivity contribution < 1.29 is 27.4 Å². The van der Waals surface area contributed by atoms with Crippen molar-refractivity contribution in [1.29, 1.82) is 0 Å². The zero-order valence-electron chi connectivity index (χ0n) is 21.3. The molecule has 0 radical (unpaired) electrons. The maximum absolute atomic E-state index is 12.8. The second kappa shape index (κ2) is 13.5. The van der Waals surface area contributed by atoms with Crippen LogP contribution in [0.25, 0.3) is 0 Å². The zero-order valence-corrected chi connectivity index (χ0v) is 22.1. The number of nitrogens with one attached hydrogen (secondary N) is 1. The summed E-state index contributed by atoms with van der Waals surface area (Å²) in [6.07, 6.45) is 0. The van der Waals surface area contributed by atoms with E-state index in [4.69, 9.17) is 14.2 Å². The molecule has 2 aliphatic rings. The molecule has 1 N–H and O–H groups in total. The van der Waals surface area contributed by atoms with E-state index in [-0.39, 0.29) is 25.0 Å². The number of benzene rings is 1. The van der Waals surface area contributed by atoms with Crippen molar-refractivity contribution in [1.82, 2.24) is 20.0 Å². The fraction of sp³-hybridized carbons (Fsp3) is 0.708. The van der Waals surface area contributed by atoms with Crippen LogP contribution in [0.4, 0.5) is 0 Å². The number of hydrogen-bond acceptors (Lipinski definition) is 9. The molecule has 1 aromatic carbocycles. The summed E-state index contributed by atoms with van der Waals surface area (Å²) in [5.74, 6) is 0.430. The number of methoxy groups -OCH3 is 1. The third kappa shape index (κ3) is 8.40. The van der Waals surface area contributed by atoms with Gasteiger partial charge in [0.05, 0.1) is 31.8 Å². The molecule has 0 unspecified atom stereocenters. The highest BCUT2D eigenvalue weighted by molar-refractivity contribution is 7.91. The average Bonchev–Trinajstić information content (AvgIpc) is 2.85. The van der Waals surface area contributed by atoms with Gasteiger partial charge in [-0.05, 0) is 37.1 Å². The molecule has 0 aromatic heterocycles. The molecule has 10 nitrogen and oxygen atoms in total. The van der Waals surface area contributed by atoms with Crippen LogP contribution in [0.15, 0.2) is 17.0 Å². The van der Waals surface area contributed by atoms with Gasteiger partial charge in [0.25, 0.3) is 0 Å². The molecule has 3 rings (SSSR count). The Morgan fingerprint density at radius 2 is 1.60 bits per heavy atom. The van der Waals surface area contributed by atoms with E-state index in [1.54, 1.807) is 33.1 Å². The third-order valence-electron chi connectivity index (χ3n) is 6.48. The highest BCUT2D eigenvalue weighted by atomic mass is 32.2. The largest absolute Gasteiger partial charge is 0.497 e. The van der Waals surface area contributed by atoms with Crippen molar-refractivity contribution in [2.75, 3.05) is 98.3 Å². The first-order valence-electron chi connectivity index (χ1n) is 12.3. The number of sulfone groups is 1. The van der Waals surface area contributed by atoms with Gasteiger partial charge in [-0.2, -0.15) is 0 Å². The number of piperazine rings is 1. The molecule has 0 bridgehead atoms. The molecule has 0 atom stereocenters.